The zero-order valence-electron chi connectivity index (χ0n) is 29.0. The summed E-state index contributed by atoms with van der Waals surface area (Å²) in [7, 11) is 1.36. The van der Waals surface area contributed by atoms with E-state index < -0.39 is 71.0 Å². The maximum atomic E-state index is 13.9. The molecule has 1 aromatic carbocycles. The van der Waals surface area contributed by atoms with Crippen molar-refractivity contribution < 1.29 is 42.9 Å². The minimum Gasteiger partial charge on any atom is -0.466 e. The van der Waals surface area contributed by atoms with Crippen molar-refractivity contribution in [2.45, 2.75) is 82.6 Å². The van der Waals surface area contributed by atoms with Gasteiger partial charge in [-0.1, -0.05) is 37.3 Å². The molecule has 6 unspecified atom stereocenters. The van der Waals surface area contributed by atoms with Crippen molar-refractivity contribution in [1.29, 1.82) is 0 Å². The summed E-state index contributed by atoms with van der Waals surface area (Å²) in [6, 6.07) is 9.07. The number of rotatable bonds is 9. The number of benzene rings is 1. The zero-order chi connectivity index (χ0) is 36.2. The van der Waals surface area contributed by atoms with E-state index in [9.17, 15) is 24.0 Å². The number of carbonyl (C=O) groups excluding carboxylic acids is 4. The Morgan fingerprint density at radius 1 is 1.06 bits per heavy atom. The predicted octanol–water partition coefficient (Wildman–Crippen LogP) is 2.19. The molecular weight excluding hydrogens is 662 g/mol. The SMILES string of the molecule is CCC12C=CCN3CC[C@]4(C(=C(C(=O)OC)[C@@H]1Nc1ccn(C5OC(COC(C)=O)C(OC(C)=O)C5OC(C)=O)c(=O)n1)Nc1ccccc14)C32. The Bertz CT molecular complexity index is 1910. The largest absolute Gasteiger partial charge is 0.466 e. The topological polar surface area (TPSA) is 177 Å². The molecule has 7 rings (SSSR count). The Kier molecular flexibility index (Phi) is 8.74. The summed E-state index contributed by atoms with van der Waals surface area (Å²) < 4.78 is 28.7. The van der Waals surface area contributed by atoms with Crippen LogP contribution in [0.25, 0.3) is 0 Å². The van der Waals surface area contributed by atoms with Gasteiger partial charge in [0.25, 0.3) is 0 Å². The molecule has 0 saturated carbocycles. The van der Waals surface area contributed by atoms with Crippen LogP contribution in [0.3, 0.4) is 0 Å². The van der Waals surface area contributed by atoms with E-state index in [1.54, 1.807) is 6.07 Å². The average molecular weight is 704 g/mol. The molecular formula is C36H41N5O10. The summed E-state index contributed by atoms with van der Waals surface area (Å²) in [6.45, 7) is 6.96. The normalized spacial score (nSPS) is 31.5. The van der Waals surface area contributed by atoms with Crippen LogP contribution < -0.4 is 16.3 Å². The van der Waals surface area contributed by atoms with Gasteiger partial charge in [0.15, 0.2) is 18.4 Å². The summed E-state index contributed by atoms with van der Waals surface area (Å²) in [4.78, 5) is 70.3. The highest BCUT2D eigenvalue weighted by Gasteiger charge is 2.68. The lowest BCUT2D eigenvalue weighted by molar-refractivity contribution is -0.166. The van der Waals surface area contributed by atoms with Crippen molar-refractivity contribution >= 4 is 35.4 Å². The number of carbonyl (C=O) groups is 4. The Hall–Kier alpha value is -5.02. The van der Waals surface area contributed by atoms with Gasteiger partial charge in [-0.25, -0.2) is 9.59 Å². The highest BCUT2D eigenvalue weighted by atomic mass is 16.7. The van der Waals surface area contributed by atoms with Crippen molar-refractivity contribution in [3.63, 3.8) is 0 Å². The Morgan fingerprint density at radius 2 is 1.80 bits per heavy atom. The first-order valence-corrected chi connectivity index (χ1v) is 17.1. The Balaban J connectivity index is 1.29. The lowest BCUT2D eigenvalue weighted by Crippen LogP contribution is -2.65. The number of fused-ring (bicyclic) bond motifs is 1. The molecule has 2 fully saturated rings. The number of para-hydroxylation sites is 1. The zero-order valence-corrected chi connectivity index (χ0v) is 29.0. The number of hydrogen-bond donors (Lipinski definition) is 2. The molecule has 8 atom stereocenters. The molecule has 2 N–H and O–H groups in total. The van der Waals surface area contributed by atoms with Gasteiger partial charge < -0.3 is 34.3 Å². The second-order valence-corrected chi connectivity index (χ2v) is 13.5. The van der Waals surface area contributed by atoms with E-state index in [1.165, 1.54) is 34.1 Å². The molecule has 15 nitrogen and oxygen atoms in total. The molecule has 5 heterocycles. The van der Waals surface area contributed by atoms with Crippen molar-refractivity contribution in [3.8, 4) is 0 Å². The maximum absolute atomic E-state index is 13.9. The molecule has 2 aromatic rings. The van der Waals surface area contributed by atoms with Crippen LogP contribution in [0.15, 0.2) is 64.7 Å². The van der Waals surface area contributed by atoms with Gasteiger partial charge in [-0.05, 0) is 30.5 Å². The van der Waals surface area contributed by atoms with Crippen LogP contribution >= 0.6 is 0 Å². The van der Waals surface area contributed by atoms with Crippen LogP contribution in [0.5, 0.6) is 0 Å². The molecule has 0 amide bonds. The number of nitrogens with zero attached hydrogens (tertiary/aromatic N) is 3. The summed E-state index contributed by atoms with van der Waals surface area (Å²) >= 11 is 0. The molecule has 0 radical (unpaired) electrons. The number of ether oxygens (including phenoxy) is 5. The fourth-order valence-electron chi connectivity index (χ4n) is 9.08. The smallest absolute Gasteiger partial charge is 0.351 e. The fourth-order valence-corrected chi connectivity index (χ4v) is 9.08. The van der Waals surface area contributed by atoms with Gasteiger partial charge in [0.05, 0.1) is 24.1 Å². The molecule has 270 valence electrons. The van der Waals surface area contributed by atoms with Gasteiger partial charge in [0.1, 0.15) is 18.5 Å². The van der Waals surface area contributed by atoms with Crippen molar-refractivity contribution in [3.05, 3.63) is 76.0 Å². The number of esters is 4. The Morgan fingerprint density at radius 3 is 2.49 bits per heavy atom. The maximum Gasteiger partial charge on any atom is 0.351 e. The number of hydrogen-bond acceptors (Lipinski definition) is 14. The van der Waals surface area contributed by atoms with E-state index in [2.05, 4.69) is 45.7 Å². The van der Waals surface area contributed by atoms with Crippen molar-refractivity contribution in [2.24, 2.45) is 5.41 Å². The predicted molar refractivity (Wildman–Crippen MR) is 180 cm³/mol. The van der Waals surface area contributed by atoms with Crippen molar-refractivity contribution in [1.82, 2.24) is 14.5 Å². The summed E-state index contributed by atoms with van der Waals surface area (Å²) in [5, 5.41) is 7.07. The molecule has 1 spiro atoms. The highest BCUT2D eigenvalue weighted by Crippen LogP contribution is 2.64. The molecule has 4 aliphatic heterocycles. The first-order valence-electron chi connectivity index (χ1n) is 17.1. The average Bonchev–Trinajstić information content (AvgIpc) is 3.76. The third-order valence-corrected chi connectivity index (χ3v) is 10.9. The van der Waals surface area contributed by atoms with Crippen LogP contribution in [0, 0.1) is 5.41 Å². The third-order valence-electron chi connectivity index (χ3n) is 10.9. The van der Waals surface area contributed by atoms with E-state index in [-0.39, 0.29) is 18.5 Å². The van der Waals surface area contributed by atoms with E-state index in [4.69, 9.17) is 23.7 Å². The van der Waals surface area contributed by atoms with E-state index in [0.29, 0.717) is 12.0 Å². The second kappa shape index (κ2) is 12.9. The second-order valence-electron chi connectivity index (χ2n) is 13.5. The van der Waals surface area contributed by atoms with Gasteiger partial charge in [-0.2, -0.15) is 4.98 Å². The third kappa shape index (κ3) is 5.41. The standard InChI is InChI=1S/C36H41N5O10/c1-6-35-13-9-15-40-17-14-36(33(35)40)22-10-7-8-11-23(22)37-30(36)26(32(45)47-5)29(35)38-25-12-16-41(34(46)39-25)31-28(50-21(4)44)27(49-20(3)43)24(51-31)18-48-19(2)42/h7-13,16,24,27-29,31,33,37H,6,14-15,17-18H2,1-5H3,(H,38,39,46)/t24?,27?,28?,29-,31?,33?,35?,36-/m0/s1. The monoisotopic (exact) mass is 703 g/mol. The first kappa shape index (κ1) is 34.4. The highest BCUT2D eigenvalue weighted by molar-refractivity contribution is 5.95. The van der Waals surface area contributed by atoms with Gasteiger partial charge in [0.2, 0.25) is 0 Å². The number of nitrogens with one attached hydrogen (secondary N) is 2. The molecule has 5 aliphatic rings. The number of methoxy groups -OCH3 is 1. The molecule has 1 aliphatic carbocycles. The van der Waals surface area contributed by atoms with Crippen LogP contribution in [-0.2, 0) is 48.3 Å². The lowest BCUT2D eigenvalue weighted by Gasteiger charge is -2.57. The number of anilines is 2. The number of aromatic nitrogens is 2. The molecule has 2 saturated heterocycles. The van der Waals surface area contributed by atoms with Crippen molar-refractivity contribution in [2.75, 3.05) is 37.4 Å². The van der Waals surface area contributed by atoms with Crippen LogP contribution in [0.2, 0.25) is 0 Å². The minimum atomic E-state index is -1.27. The van der Waals surface area contributed by atoms with Crippen LogP contribution in [0.4, 0.5) is 11.5 Å². The van der Waals surface area contributed by atoms with Crippen LogP contribution in [0.1, 0.15) is 52.3 Å². The summed E-state index contributed by atoms with van der Waals surface area (Å²) in [5.74, 6) is -2.29. The summed E-state index contributed by atoms with van der Waals surface area (Å²) in [6.07, 6.45) is 2.50. The molecule has 51 heavy (non-hydrogen) atoms. The fraction of sp³-hybridized carbons (Fsp3) is 0.500. The molecule has 15 heteroatoms. The van der Waals surface area contributed by atoms with E-state index >= 15 is 0 Å². The minimum absolute atomic E-state index is 0.0128. The van der Waals surface area contributed by atoms with Gasteiger partial charge >= 0.3 is 29.6 Å². The van der Waals surface area contributed by atoms with Gasteiger partial charge in [-0.3, -0.25) is 23.9 Å². The van der Waals surface area contributed by atoms with E-state index in [0.717, 1.165) is 41.0 Å². The first-order chi connectivity index (χ1) is 24.4. The van der Waals surface area contributed by atoms with Gasteiger partial charge in [-0.15, -0.1) is 0 Å². The van der Waals surface area contributed by atoms with Gasteiger partial charge in [0, 0.05) is 62.9 Å². The molecule has 1 aromatic heterocycles. The Labute approximate surface area is 293 Å². The van der Waals surface area contributed by atoms with E-state index in [1.807, 2.05) is 18.2 Å². The van der Waals surface area contributed by atoms with Crippen LogP contribution in [-0.4, -0.2) is 95.5 Å². The summed E-state index contributed by atoms with van der Waals surface area (Å²) in [5.41, 5.74) is 1.50. The lowest BCUT2D eigenvalue weighted by atomic mass is 9.53. The quantitative estimate of drug-likeness (QED) is 0.221. The molecule has 0 bridgehead atoms.